The van der Waals surface area contributed by atoms with E-state index < -0.39 is 5.60 Å². The van der Waals surface area contributed by atoms with Crippen molar-refractivity contribution in [2.24, 2.45) is 7.05 Å². The molecule has 19 heavy (non-hydrogen) atoms. The van der Waals surface area contributed by atoms with Gasteiger partial charge in [-0.15, -0.1) is 0 Å². The van der Waals surface area contributed by atoms with Crippen LogP contribution in [-0.4, -0.2) is 40.6 Å². The van der Waals surface area contributed by atoms with Gasteiger partial charge in [-0.05, 0) is 26.8 Å². The average Bonchev–Trinajstić information content (AvgIpc) is 2.83. The minimum absolute atomic E-state index is 0.0326. The second-order valence-electron chi connectivity index (χ2n) is 5.90. The van der Waals surface area contributed by atoms with Gasteiger partial charge in [0, 0.05) is 37.9 Å². The monoisotopic (exact) mass is 266 g/mol. The molecule has 2 N–H and O–H groups in total. The van der Waals surface area contributed by atoms with Crippen molar-refractivity contribution in [1.82, 2.24) is 20.4 Å². The van der Waals surface area contributed by atoms with Crippen LogP contribution in [0.4, 0.5) is 4.79 Å². The molecule has 0 aliphatic carbocycles. The summed E-state index contributed by atoms with van der Waals surface area (Å²) in [6, 6.07) is 2.02. The van der Waals surface area contributed by atoms with Crippen molar-refractivity contribution >= 4 is 6.09 Å². The Morgan fingerprint density at radius 3 is 2.84 bits per heavy atom. The lowest BCUT2D eigenvalue weighted by Gasteiger charge is -2.24. The van der Waals surface area contributed by atoms with Crippen LogP contribution in [0.3, 0.4) is 0 Å². The van der Waals surface area contributed by atoms with Crippen LogP contribution in [0.5, 0.6) is 0 Å². The molecule has 1 aromatic rings. The first kappa shape index (κ1) is 13.9. The maximum atomic E-state index is 11.8. The van der Waals surface area contributed by atoms with E-state index in [2.05, 4.69) is 15.7 Å². The quantitative estimate of drug-likeness (QED) is 0.838. The molecule has 2 rings (SSSR count). The summed E-state index contributed by atoms with van der Waals surface area (Å²) in [7, 11) is 1.91. The van der Waals surface area contributed by atoms with Crippen molar-refractivity contribution in [2.75, 3.05) is 13.1 Å². The molecular formula is C13H22N4O2. The largest absolute Gasteiger partial charge is 0.444 e. The topological polar surface area (TPSA) is 68.2 Å². The highest BCUT2D eigenvalue weighted by atomic mass is 16.6. The maximum absolute atomic E-state index is 11.8. The Balaban J connectivity index is 2.00. The van der Waals surface area contributed by atoms with Gasteiger partial charge in [-0.1, -0.05) is 0 Å². The van der Waals surface area contributed by atoms with Gasteiger partial charge in [0.05, 0.1) is 6.04 Å². The van der Waals surface area contributed by atoms with Crippen molar-refractivity contribution in [1.29, 1.82) is 0 Å². The summed E-state index contributed by atoms with van der Waals surface area (Å²) in [5.74, 6) is 0.222. The zero-order valence-corrected chi connectivity index (χ0v) is 11.9. The fourth-order valence-electron chi connectivity index (χ4n) is 2.35. The normalized spacial score (nSPS) is 23.4. The number of hydrogen-bond acceptors (Lipinski definition) is 4. The van der Waals surface area contributed by atoms with Crippen molar-refractivity contribution in [3.63, 3.8) is 0 Å². The van der Waals surface area contributed by atoms with E-state index in [9.17, 15) is 4.79 Å². The number of carbonyl (C=O) groups is 1. The minimum Gasteiger partial charge on any atom is -0.444 e. The average molecular weight is 266 g/mol. The molecule has 1 saturated heterocycles. The van der Waals surface area contributed by atoms with Crippen LogP contribution >= 0.6 is 0 Å². The van der Waals surface area contributed by atoms with E-state index >= 15 is 0 Å². The number of nitrogens with one attached hydrogen (secondary N) is 2. The number of aromatic nitrogens is 2. The Labute approximate surface area is 113 Å². The van der Waals surface area contributed by atoms with Crippen LogP contribution in [0.1, 0.15) is 32.4 Å². The second-order valence-corrected chi connectivity index (χ2v) is 5.90. The number of carbonyl (C=O) groups excluding carboxylic acids is 1. The Kier molecular flexibility index (Phi) is 3.80. The molecule has 1 amide bonds. The van der Waals surface area contributed by atoms with Crippen molar-refractivity contribution in [2.45, 2.75) is 38.3 Å². The lowest BCUT2D eigenvalue weighted by molar-refractivity contribution is 0.0504. The van der Waals surface area contributed by atoms with E-state index in [4.69, 9.17) is 4.74 Å². The SMILES string of the molecule is Cn1nccc1C1CNCC1NC(=O)OC(C)(C)C. The van der Waals surface area contributed by atoms with Crippen molar-refractivity contribution in [3.8, 4) is 0 Å². The number of nitrogens with zero attached hydrogens (tertiary/aromatic N) is 2. The van der Waals surface area contributed by atoms with Crippen LogP contribution in [0.25, 0.3) is 0 Å². The summed E-state index contributed by atoms with van der Waals surface area (Å²) in [6.45, 7) is 7.16. The fraction of sp³-hybridized carbons (Fsp3) is 0.692. The third-order valence-electron chi connectivity index (χ3n) is 3.16. The van der Waals surface area contributed by atoms with E-state index in [0.29, 0.717) is 0 Å². The van der Waals surface area contributed by atoms with E-state index in [-0.39, 0.29) is 18.1 Å². The summed E-state index contributed by atoms with van der Waals surface area (Å²) in [6.07, 6.45) is 1.41. The highest BCUT2D eigenvalue weighted by Crippen LogP contribution is 2.22. The molecule has 6 heteroatoms. The first-order valence-electron chi connectivity index (χ1n) is 6.55. The van der Waals surface area contributed by atoms with Gasteiger partial charge in [0.25, 0.3) is 0 Å². The van der Waals surface area contributed by atoms with Gasteiger partial charge in [0.1, 0.15) is 5.60 Å². The molecule has 0 bridgehead atoms. The summed E-state index contributed by atoms with van der Waals surface area (Å²) in [5, 5.41) is 10.4. The van der Waals surface area contributed by atoms with Gasteiger partial charge in [-0.2, -0.15) is 5.10 Å². The van der Waals surface area contributed by atoms with Crippen molar-refractivity contribution in [3.05, 3.63) is 18.0 Å². The molecule has 1 fully saturated rings. The molecule has 6 nitrogen and oxygen atoms in total. The Bertz CT molecular complexity index is 450. The standard InChI is InChI=1S/C13H22N4O2/c1-13(2,3)19-12(18)16-10-8-14-7-9(10)11-5-6-15-17(11)4/h5-6,9-10,14H,7-8H2,1-4H3,(H,16,18). The van der Waals surface area contributed by atoms with Gasteiger partial charge in [0.15, 0.2) is 0 Å². The number of amides is 1. The zero-order valence-electron chi connectivity index (χ0n) is 11.9. The molecule has 0 saturated carbocycles. The molecule has 1 aromatic heterocycles. The van der Waals surface area contributed by atoms with Crippen molar-refractivity contribution < 1.29 is 9.53 Å². The molecule has 1 aliphatic heterocycles. The first-order chi connectivity index (χ1) is 8.87. The molecule has 0 radical (unpaired) electrons. The summed E-state index contributed by atoms with van der Waals surface area (Å²) >= 11 is 0. The van der Waals surface area contributed by atoms with E-state index in [1.54, 1.807) is 6.20 Å². The zero-order chi connectivity index (χ0) is 14.0. The molecule has 2 unspecified atom stereocenters. The summed E-state index contributed by atoms with van der Waals surface area (Å²) in [4.78, 5) is 11.8. The first-order valence-corrected chi connectivity index (χ1v) is 6.55. The molecule has 0 spiro atoms. The van der Waals surface area contributed by atoms with Crippen LogP contribution < -0.4 is 10.6 Å². The summed E-state index contributed by atoms with van der Waals surface area (Å²) in [5.41, 5.74) is 0.643. The predicted molar refractivity (Wildman–Crippen MR) is 72.0 cm³/mol. The van der Waals surface area contributed by atoms with Gasteiger partial charge >= 0.3 is 6.09 Å². The highest BCUT2D eigenvalue weighted by Gasteiger charge is 2.32. The third kappa shape index (κ3) is 3.47. The van der Waals surface area contributed by atoms with Crippen LogP contribution in [0, 0.1) is 0 Å². The lowest BCUT2D eigenvalue weighted by atomic mass is 10.00. The van der Waals surface area contributed by atoms with Crippen LogP contribution in [0.2, 0.25) is 0 Å². The fourth-order valence-corrected chi connectivity index (χ4v) is 2.35. The minimum atomic E-state index is -0.474. The Morgan fingerprint density at radius 1 is 1.53 bits per heavy atom. The molecule has 106 valence electrons. The van der Waals surface area contributed by atoms with E-state index in [0.717, 1.165) is 18.8 Å². The summed E-state index contributed by atoms with van der Waals surface area (Å²) < 4.78 is 7.14. The molecule has 2 heterocycles. The molecule has 0 aromatic carbocycles. The van der Waals surface area contributed by atoms with Gasteiger partial charge in [-0.25, -0.2) is 4.79 Å². The number of alkyl carbamates (subject to hydrolysis) is 1. The second kappa shape index (κ2) is 5.21. The number of rotatable bonds is 2. The molecule has 1 aliphatic rings. The van der Waals surface area contributed by atoms with E-state index in [1.807, 2.05) is 38.6 Å². The van der Waals surface area contributed by atoms with Crippen LogP contribution in [0.15, 0.2) is 12.3 Å². The number of ether oxygens (including phenoxy) is 1. The number of aryl methyl sites for hydroxylation is 1. The lowest BCUT2D eigenvalue weighted by Crippen LogP contribution is -2.42. The van der Waals surface area contributed by atoms with E-state index in [1.165, 1.54) is 0 Å². The van der Waals surface area contributed by atoms with Gasteiger partial charge in [0.2, 0.25) is 0 Å². The number of hydrogen-bond donors (Lipinski definition) is 2. The maximum Gasteiger partial charge on any atom is 0.407 e. The third-order valence-corrected chi connectivity index (χ3v) is 3.16. The molecule has 2 atom stereocenters. The molecular weight excluding hydrogens is 244 g/mol. The predicted octanol–water partition coefficient (Wildman–Crippen LogP) is 1.00. The van der Waals surface area contributed by atoms with Gasteiger partial charge < -0.3 is 15.4 Å². The highest BCUT2D eigenvalue weighted by molar-refractivity contribution is 5.68. The Hall–Kier alpha value is -1.56. The smallest absolute Gasteiger partial charge is 0.407 e. The Morgan fingerprint density at radius 2 is 2.26 bits per heavy atom. The van der Waals surface area contributed by atoms with Crippen LogP contribution in [-0.2, 0) is 11.8 Å². The van der Waals surface area contributed by atoms with Gasteiger partial charge in [-0.3, -0.25) is 4.68 Å².